The molecule has 0 aromatic rings. The minimum absolute atomic E-state index is 0.360. The first-order valence-electron chi connectivity index (χ1n) is 5.30. The van der Waals surface area contributed by atoms with Gasteiger partial charge in [-0.05, 0) is 0 Å². The molecule has 0 aromatic heterocycles. The van der Waals surface area contributed by atoms with E-state index in [4.69, 9.17) is 14.7 Å². The molecule has 0 aliphatic rings. The molecule has 0 spiro atoms. The summed E-state index contributed by atoms with van der Waals surface area (Å²) in [4.78, 5) is 27.2. The first-order chi connectivity index (χ1) is 6.84. The fourth-order valence-corrected chi connectivity index (χ4v) is 2.99. The second kappa shape index (κ2) is 6.09. The van der Waals surface area contributed by atoms with E-state index in [1.165, 1.54) is 0 Å². The predicted molar refractivity (Wildman–Crippen MR) is 60.3 cm³/mol. The zero-order valence-corrected chi connectivity index (χ0v) is 10.3. The summed E-state index contributed by atoms with van der Waals surface area (Å²) in [6.45, 7) is 3.35. The van der Waals surface area contributed by atoms with Crippen LogP contribution in [0, 0.1) is 5.41 Å². The van der Waals surface area contributed by atoms with Crippen LogP contribution < -0.4 is 0 Å². The molecule has 0 fully saturated rings. The Morgan fingerprint density at radius 2 is 1.73 bits per heavy atom. The zero-order chi connectivity index (χ0) is 12.1. The van der Waals surface area contributed by atoms with Crippen molar-refractivity contribution in [3.8, 4) is 0 Å². The van der Waals surface area contributed by atoms with Gasteiger partial charge in [0.25, 0.3) is 0 Å². The molecule has 0 rings (SSSR count). The van der Waals surface area contributed by atoms with Crippen molar-refractivity contribution in [1.82, 2.24) is 0 Å². The number of aliphatic hydroxyl groups is 2. The summed E-state index contributed by atoms with van der Waals surface area (Å²) in [6, 6.07) is 0. The van der Waals surface area contributed by atoms with Gasteiger partial charge in [-0.25, -0.2) is 0 Å². The monoisotopic (exact) mass is 242 g/mol. The van der Waals surface area contributed by atoms with Crippen molar-refractivity contribution in [2.45, 2.75) is 45.4 Å². The van der Waals surface area contributed by atoms with Crippen LogP contribution >= 0.6 is 7.94 Å². The molecule has 0 bridgehead atoms. The minimum atomic E-state index is -4.59. The molecular formula is C9H23O5P. The van der Waals surface area contributed by atoms with E-state index in [0.29, 0.717) is 12.8 Å². The summed E-state index contributed by atoms with van der Waals surface area (Å²) in [5, 5.41) is 18.9. The van der Waals surface area contributed by atoms with E-state index in [9.17, 15) is 10.2 Å². The van der Waals surface area contributed by atoms with E-state index in [-0.39, 0.29) is 6.61 Å². The van der Waals surface area contributed by atoms with Crippen molar-refractivity contribution >= 4 is 7.94 Å². The molecule has 94 valence electrons. The van der Waals surface area contributed by atoms with Crippen LogP contribution in [0.1, 0.15) is 39.5 Å². The van der Waals surface area contributed by atoms with Crippen molar-refractivity contribution < 1.29 is 24.9 Å². The quantitative estimate of drug-likeness (QED) is 0.415. The molecule has 0 radical (unpaired) electrons. The van der Waals surface area contributed by atoms with Crippen LogP contribution in [0.4, 0.5) is 0 Å². The van der Waals surface area contributed by atoms with Gasteiger partial charge in [-0.3, -0.25) is 0 Å². The SMILES string of the molecule is CCCCC(CC)(CO)C(O)[PH](O)(O)O. The van der Waals surface area contributed by atoms with Gasteiger partial charge in [-0.15, -0.1) is 0 Å². The van der Waals surface area contributed by atoms with Crippen LogP contribution in [0.15, 0.2) is 0 Å². The number of unbranched alkanes of at least 4 members (excludes halogenated alkanes) is 1. The Kier molecular flexibility index (Phi) is 6.18. The van der Waals surface area contributed by atoms with Crippen LogP contribution in [0.3, 0.4) is 0 Å². The van der Waals surface area contributed by atoms with Gasteiger partial charge in [-0.1, -0.05) is 0 Å². The Labute approximate surface area is 91.0 Å². The van der Waals surface area contributed by atoms with Gasteiger partial charge in [-0.2, -0.15) is 0 Å². The van der Waals surface area contributed by atoms with Gasteiger partial charge in [0, 0.05) is 0 Å². The van der Waals surface area contributed by atoms with Crippen LogP contribution in [0.25, 0.3) is 0 Å². The second-order valence-corrected chi connectivity index (χ2v) is 5.99. The first kappa shape index (κ1) is 15.2. The first-order valence-corrected chi connectivity index (χ1v) is 7.22. The van der Waals surface area contributed by atoms with E-state index in [2.05, 4.69) is 0 Å². The van der Waals surface area contributed by atoms with Gasteiger partial charge in [0.05, 0.1) is 0 Å². The van der Waals surface area contributed by atoms with E-state index in [1.807, 2.05) is 6.92 Å². The number of aliphatic hydroxyl groups excluding tert-OH is 2. The molecule has 0 aliphatic carbocycles. The molecule has 0 saturated carbocycles. The van der Waals surface area contributed by atoms with E-state index < -0.39 is 19.2 Å². The van der Waals surface area contributed by atoms with Gasteiger partial charge >= 0.3 is 90.2 Å². The number of hydrogen-bond donors (Lipinski definition) is 5. The third kappa shape index (κ3) is 3.94. The van der Waals surface area contributed by atoms with Gasteiger partial charge in [0.15, 0.2) is 0 Å². The summed E-state index contributed by atoms with van der Waals surface area (Å²) in [5.74, 6) is -1.63. The van der Waals surface area contributed by atoms with Crippen LogP contribution in [0.2, 0.25) is 0 Å². The van der Waals surface area contributed by atoms with Crippen molar-refractivity contribution in [3.63, 3.8) is 0 Å². The third-order valence-electron chi connectivity index (χ3n) is 2.99. The molecule has 0 saturated heterocycles. The standard InChI is InChI=1S/C9H23O5P/c1-3-5-6-9(4-2,7-10)8(11)15(12,13)14/h8,10-15H,3-7H2,1-2H3. The van der Waals surface area contributed by atoms with Gasteiger partial charge < -0.3 is 0 Å². The summed E-state index contributed by atoms with van der Waals surface area (Å²) < 4.78 is 0. The molecule has 0 heterocycles. The van der Waals surface area contributed by atoms with Crippen molar-refractivity contribution in [2.24, 2.45) is 5.41 Å². The van der Waals surface area contributed by atoms with E-state index in [1.54, 1.807) is 6.92 Å². The predicted octanol–water partition coefficient (Wildman–Crippen LogP) is 0.355. The summed E-state index contributed by atoms with van der Waals surface area (Å²) in [6.07, 6.45) is 2.50. The Hall–Kier alpha value is 0.230. The molecule has 2 unspecified atom stereocenters. The Morgan fingerprint density at radius 1 is 1.20 bits per heavy atom. The van der Waals surface area contributed by atoms with Crippen molar-refractivity contribution in [1.29, 1.82) is 0 Å². The van der Waals surface area contributed by atoms with Crippen molar-refractivity contribution in [3.05, 3.63) is 0 Å². The van der Waals surface area contributed by atoms with Crippen molar-refractivity contribution in [2.75, 3.05) is 6.61 Å². The van der Waals surface area contributed by atoms with Crippen LogP contribution in [-0.2, 0) is 0 Å². The molecular weight excluding hydrogens is 219 g/mol. The third-order valence-corrected chi connectivity index (χ3v) is 4.34. The molecule has 0 aliphatic heterocycles. The molecule has 5 N–H and O–H groups in total. The van der Waals surface area contributed by atoms with Gasteiger partial charge in [0.2, 0.25) is 0 Å². The second-order valence-electron chi connectivity index (χ2n) is 4.07. The Morgan fingerprint density at radius 3 is 2.00 bits per heavy atom. The van der Waals surface area contributed by atoms with E-state index >= 15 is 0 Å². The maximum absolute atomic E-state index is 9.67. The molecule has 5 nitrogen and oxygen atoms in total. The molecule has 2 atom stereocenters. The zero-order valence-electron chi connectivity index (χ0n) is 9.35. The molecule has 0 aromatic carbocycles. The Bertz CT molecular complexity index is 176. The van der Waals surface area contributed by atoms with E-state index in [0.717, 1.165) is 12.8 Å². The fraction of sp³-hybridized carbons (Fsp3) is 1.00. The molecule has 6 heteroatoms. The number of hydrogen-bond acceptors (Lipinski definition) is 5. The fourth-order valence-electron chi connectivity index (χ4n) is 1.72. The average molecular weight is 242 g/mol. The van der Waals surface area contributed by atoms with Crippen LogP contribution in [-0.4, -0.2) is 37.3 Å². The molecule has 15 heavy (non-hydrogen) atoms. The maximum atomic E-state index is 9.67. The molecule has 0 amide bonds. The average Bonchev–Trinajstić information content (AvgIpc) is 2.18. The van der Waals surface area contributed by atoms with Crippen LogP contribution in [0.5, 0.6) is 0 Å². The summed E-state index contributed by atoms with van der Waals surface area (Å²) in [5.41, 5.74) is -1.000. The Balaban J connectivity index is 4.75. The number of rotatable bonds is 7. The van der Waals surface area contributed by atoms with Gasteiger partial charge in [0.1, 0.15) is 0 Å². The topological polar surface area (TPSA) is 101 Å². The summed E-state index contributed by atoms with van der Waals surface area (Å²) >= 11 is 0. The summed E-state index contributed by atoms with van der Waals surface area (Å²) in [7, 11) is -4.59. The normalized spacial score (nSPS) is 19.7.